The first-order chi connectivity index (χ1) is 5.36. The zero-order valence-corrected chi connectivity index (χ0v) is 6.12. The minimum atomic E-state index is 0.107. The van der Waals surface area contributed by atoms with Crippen molar-refractivity contribution in [2.24, 2.45) is 0 Å². The Morgan fingerprint density at radius 2 is 2.55 bits per heavy atom. The first-order valence-corrected chi connectivity index (χ1v) is 3.70. The summed E-state index contributed by atoms with van der Waals surface area (Å²) in [6.45, 7) is 0.817. The van der Waals surface area contributed by atoms with Crippen molar-refractivity contribution in [1.29, 1.82) is 0 Å². The molecule has 1 saturated heterocycles. The van der Waals surface area contributed by atoms with Crippen LogP contribution in [0, 0.1) is 0 Å². The van der Waals surface area contributed by atoms with Crippen molar-refractivity contribution in [3.63, 3.8) is 0 Å². The molecule has 1 aromatic heterocycles. The van der Waals surface area contributed by atoms with Crippen LogP contribution in [0.3, 0.4) is 0 Å². The van der Waals surface area contributed by atoms with Crippen molar-refractivity contribution in [3.8, 4) is 0 Å². The number of nitrogen functional groups attached to an aromatic ring is 1. The third-order valence-electron chi connectivity index (χ3n) is 1.81. The largest absolute Gasteiger partial charge is 0.372 e. The summed E-state index contributed by atoms with van der Waals surface area (Å²) in [7, 11) is 0. The fraction of sp³-hybridized carbons (Fsp3) is 0.571. The molecular weight excluding hydrogens is 144 g/mol. The third-order valence-corrected chi connectivity index (χ3v) is 1.81. The number of rotatable bonds is 1. The fourth-order valence-electron chi connectivity index (χ4n) is 1.27. The van der Waals surface area contributed by atoms with Crippen LogP contribution in [0.5, 0.6) is 0 Å². The molecule has 2 rings (SSSR count). The van der Waals surface area contributed by atoms with Crippen molar-refractivity contribution in [3.05, 3.63) is 11.8 Å². The second-order valence-corrected chi connectivity index (χ2v) is 2.66. The van der Waals surface area contributed by atoms with Gasteiger partial charge in [0.25, 0.3) is 0 Å². The number of nitrogens with zero attached hydrogens (tertiary/aromatic N) is 1. The molecule has 0 amide bonds. The van der Waals surface area contributed by atoms with Crippen molar-refractivity contribution in [1.82, 2.24) is 5.16 Å². The fourth-order valence-corrected chi connectivity index (χ4v) is 1.27. The molecule has 0 aliphatic carbocycles. The average molecular weight is 154 g/mol. The normalized spacial score (nSPS) is 24.2. The SMILES string of the molecule is Nc1cc([C@H]2CCCO2)no1. The zero-order valence-electron chi connectivity index (χ0n) is 6.12. The molecule has 1 aliphatic rings. The number of ether oxygens (including phenoxy) is 1. The minimum absolute atomic E-state index is 0.107. The molecule has 1 aliphatic heterocycles. The Morgan fingerprint density at radius 3 is 3.09 bits per heavy atom. The van der Waals surface area contributed by atoms with Crippen LogP contribution >= 0.6 is 0 Å². The van der Waals surface area contributed by atoms with Gasteiger partial charge in [0.15, 0.2) is 0 Å². The lowest BCUT2D eigenvalue weighted by atomic mass is 10.2. The average Bonchev–Trinajstić information content (AvgIpc) is 2.55. The molecule has 60 valence electrons. The van der Waals surface area contributed by atoms with E-state index in [0.717, 1.165) is 25.1 Å². The summed E-state index contributed by atoms with van der Waals surface area (Å²) in [5.74, 6) is 0.357. The number of hydrogen-bond acceptors (Lipinski definition) is 4. The first kappa shape index (κ1) is 6.67. The van der Waals surface area contributed by atoms with Gasteiger partial charge in [0.2, 0.25) is 5.88 Å². The monoisotopic (exact) mass is 154 g/mol. The summed E-state index contributed by atoms with van der Waals surface area (Å²) >= 11 is 0. The highest BCUT2D eigenvalue weighted by atomic mass is 16.5. The number of nitrogens with two attached hydrogens (primary N) is 1. The van der Waals surface area contributed by atoms with E-state index in [1.165, 1.54) is 0 Å². The molecule has 2 heterocycles. The topological polar surface area (TPSA) is 61.3 Å². The molecule has 11 heavy (non-hydrogen) atoms. The standard InChI is InChI=1S/C7H10N2O2/c8-7-4-5(9-11-7)6-2-1-3-10-6/h4,6H,1-3,8H2/t6-/m1/s1. The van der Waals surface area contributed by atoms with Gasteiger partial charge >= 0.3 is 0 Å². The van der Waals surface area contributed by atoms with Crippen LogP contribution in [-0.4, -0.2) is 11.8 Å². The van der Waals surface area contributed by atoms with Crippen molar-refractivity contribution in [2.75, 3.05) is 12.3 Å². The number of aromatic nitrogens is 1. The summed E-state index contributed by atoms with van der Waals surface area (Å²) in [5.41, 5.74) is 6.18. The smallest absolute Gasteiger partial charge is 0.222 e. The van der Waals surface area contributed by atoms with Crippen LogP contribution < -0.4 is 5.73 Å². The Bertz CT molecular complexity index is 240. The Kier molecular flexibility index (Phi) is 1.54. The van der Waals surface area contributed by atoms with Gasteiger partial charge < -0.3 is 15.0 Å². The van der Waals surface area contributed by atoms with Gasteiger partial charge in [0.1, 0.15) is 11.8 Å². The minimum Gasteiger partial charge on any atom is -0.372 e. The maximum Gasteiger partial charge on any atom is 0.222 e. The highest BCUT2D eigenvalue weighted by Gasteiger charge is 2.20. The van der Waals surface area contributed by atoms with Gasteiger partial charge in [-0.15, -0.1) is 0 Å². The summed E-state index contributed by atoms with van der Waals surface area (Å²) in [6.07, 6.45) is 2.22. The van der Waals surface area contributed by atoms with Crippen molar-refractivity contribution >= 4 is 5.88 Å². The predicted molar refractivity (Wildman–Crippen MR) is 38.8 cm³/mol. The van der Waals surface area contributed by atoms with E-state index < -0.39 is 0 Å². The quantitative estimate of drug-likeness (QED) is 0.658. The maximum absolute atomic E-state index is 5.37. The molecule has 0 aromatic carbocycles. The molecule has 4 nitrogen and oxygen atoms in total. The number of anilines is 1. The van der Waals surface area contributed by atoms with E-state index in [1.807, 2.05) is 0 Å². The van der Waals surface area contributed by atoms with Crippen LogP contribution in [0.25, 0.3) is 0 Å². The lowest BCUT2D eigenvalue weighted by Gasteiger charge is -2.01. The van der Waals surface area contributed by atoms with Gasteiger partial charge in [0, 0.05) is 12.7 Å². The molecule has 2 N–H and O–H groups in total. The maximum atomic E-state index is 5.37. The molecule has 4 heteroatoms. The van der Waals surface area contributed by atoms with E-state index in [-0.39, 0.29) is 6.10 Å². The summed E-state index contributed by atoms with van der Waals surface area (Å²) in [4.78, 5) is 0. The van der Waals surface area contributed by atoms with Gasteiger partial charge in [-0.1, -0.05) is 5.16 Å². The van der Waals surface area contributed by atoms with E-state index in [0.29, 0.717) is 5.88 Å². The van der Waals surface area contributed by atoms with Crippen LogP contribution in [0.1, 0.15) is 24.6 Å². The molecule has 0 unspecified atom stereocenters. The number of hydrogen-bond donors (Lipinski definition) is 1. The Balaban J connectivity index is 2.15. The summed E-state index contributed by atoms with van der Waals surface area (Å²) in [5, 5.41) is 3.77. The Morgan fingerprint density at radius 1 is 1.64 bits per heavy atom. The van der Waals surface area contributed by atoms with Gasteiger partial charge in [-0.05, 0) is 12.8 Å². The van der Waals surface area contributed by atoms with Crippen LogP contribution in [0.4, 0.5) is 5.88 Å². The zero-order chi connectivity index (χ0) is 7.68. The van der Waals surface area contributed by atoms with Gasteiger partial charge in [-0.3, -0.25) is 0 Å². The molecule has 1 atom stereocenters. The Labute approximate surface area is 64.3 Å². The molecule has 0 saturated carbocycles. The van der Waals surface area contributed by atoms with E-state index in [1.54, 1.807) is 6.07 Å². The lowest BCUT2D eigenvalue weighted by molar-refractivity contribution is 0.105. The van der Waals surface area contributed by atoms with Crippen LogP contribution in [0.2, 0.25) is 0 Å². The van der Waals surface area contributed by atoms with E-state index >= 15 is 0 Å². The summed E-state index contributed by atoms with van der Waals surface area (Å²) in [6, 6.07) is 1.72. The molecule has 0 radical (unpaired) electrons. The predicted octanol–water partition coefficient (Wildman–Crippen LogP) is 1.11. The van der Waals surface area contributed by atoms with Crippen LogP contribution in [-0.2, 0) is 4.74 Å². The van der Waals surface area contributed by atoms with Gasteiger partial charge in [-0.25, -0.2) is 0 Å². The highest BCUT2D eigenvalue weighted by molar-refractivity contribution is 5.25. The van der Waals surface area contributed by atoms with Crippen LogP contribution in [0.15, 0.2) is 10.6 Å². The van der Waals surface area contributed by atoms with E-state index in [4.69, 9.17) is 15.0 Å². The molecule has 1 fully saturated rings. The second kappa shape index (κ2) is 2.54. The lowest BCUT2D eigenvalue weighted by Crippen LogP contribution is -1.94. The molecule has 0 bridgehead atoms. The molecule has 1 aromatic rings. The van der Waals surface area contributed by atoms with E-state index in [9.17, 15) is 0 Å². The molecular formula is C7H10N2O2. The third kappa shape index (κ3) is 1.21. The second-order valence-electron chi connectivity index (χ2n) is 2.66. The summed E-state index contributed by atoms with van der Waals surface area (Å²) < 4.78 is 10.1. The Hall–Kier alpha value is -1.03. The van der Waals surface area contributed by atoms with Crippen molar-refractivity contribution < 1.29 is 9.26 Å². The van der Waals surface area contributed by atoms with E-state index in [2.05, 4.69) is 5.16 Å². The van der Waals surface area contributed by atoms with Crippen molar-refractivity contribution in [2.45, 2.75) is 18.9 Å². The first-order valence-electron chi connectivity index (χ1n) is 3.70. The molecule has 0 spiro atoms. The highest BCUT2D eigenvalue weighted by Crippen LogP contribution is 2.28. The van der Waals surface area contributed by atoms with Gasteiger partial charge in [0.05, 0.1) is 0 Å². The van der Waals surface area contributed by atoms with Gasteiger partial charge in [-0.2, -0.15) is 0 Å².